The number of alkyl carbamates (subject to hydrolysis) is 3. The first-order valence-electron chi connectivity index (χ1n) is 27.3. The fourth-order valence-corrected chi connectivity index (χ4v) is 9.34. The summed E-state index contributed by atoms with van der Waals surface area (Å²) in [5.74, 6) is -4.02. The molecular weight excluding hydrogens is 1220 g/mol. The largest absolute Gasteiger partial charge is 0.471 e. The molecule has 2 aliphatic heterocycles. The average molecular weight is 1280 g/mol. The number of amides is 6. The summed E-state index contributed by atoms with van der Waals surface area (Å²) in [6.45, 7) is 2.44. The Kier molecular flexibility index (Phi) is 23.7. The monoisotopic (exact) mass is 1280 g/mol. The highest BCUT2D eigenvalue weighted by molar-refractivity contribution is 5.82. The summed E-state index contributed by atoms with van der Waals surface area (Å²) in [7, 11) is 1.18. The maximum atomic E-state index is 14.0. The summed E-state index contributed by atoms with van der Waals surface area (Å²) in [4.78, 5) is 112. The van der Waals surface area contributed by atoms with Gasteiger partial charge in [0.1, 0.15) is 67.3 Å². The molecule has 33 nitrogen and oxygen atoms in total. The molecule has 0 spiro atoms. The summed E-state index contributed by atoms with van der Waals surface area (Å²) >= 11 is 0. The van der Waals surface area contributed by atoms with Crippen molar-refractivity contribution in [1.82, 2.24) is 31.5 Å². The SMILES string of the molecule is CN(C(=O)OC(C)(C)C)[C@@H]1[C@@H](O)[C@@H](O[C@@H]2[C@@H](O)[C@H](O[C@H]3OC(CNC(=O)C(F)(F)F)=CC[C@H]3NC(=O)OCc3ccc([N+](=O)[O-])cc3)[C@@H](NC(=O)OCc3ccc([N+](=O)[O-])cc3)C[C@H]2NC(=O)[C@@H](O)CCNC(=O)OCc2ccc([N+](=O)[O-])cc2)OC[C@]1(C)O. The van der Waals surface area contributed by atoms with Crippen molar-refractivity contribution in [2.45, 2.75) is 151 Å². The molecule has 6 amide bonds. The van der Waals surface area contributed by atoms with Gasteiger partial charge in [-0.2, -0.15) is 13.2 Å². The summed E-state index contributed by atoms with van der Waals surface area (Å²) in [5, 5.41) is 92.3. The lowest BCUT2D eigenvalue weighted by atomic mass is 9.82. The number of halogens is 3. The number of carbonyl (C=O) groups excluding carboxylic acids is 6. The van der Waals surface area contributed by atoms with Gasteiger partial charge < -0.3 is 89.8 Å². The normalized spacial score (nSPS) is 24.4. The Balaban J connectivity index is 1.33. The molecule has 2 fully saturated rings. The third-order valence-electron chi connectivity index (χ3n) is 13.8. The predicted molar refractivity (Wildman–Crippen MR) is 295 cm³/mol. The van der Waals surface area contributed by atoms with E-state index < -0.39 is 187 Å². The van der Waals surface area contributed by atoms with E-state index in [1.165, 1.54) is 62.5 Å². The van der Waals surface area contributed by atoms with Crippen molar-refractivity contribution in [1.29, 1.82) is 0 Å². The van der Waals surface area contributed by atoms with Crippen LogP contribution in [0.5, 0.6) is 0 Å². The van der Waals surface area contributed by atoms with Crippen LogP contribution < -0.4 is 26.6 Å². The Labute approximate surface area is 508 Å². The van der Waals surface area contributed by atoms with Crippen LogP contribution in [0.15, 0.2) is 84.6 Å². The van der Waals surface area contributed by atoms with Crippen molar-refractivity contribution in [3.63, 3.8) is 0 Å². The molecule has 2 heterocycles. The highest BCUT2D eigenvalue weighted by Crippen LogP contribution is 2.35. The fraction of sp³-hybridized carbons (Fsp3) is 0.519. The van der Waals surface area contributed by atoms with Crippen LogP contribution in [0.4, 0.5) is 49.4 Å². The molecule has 0 aromatic heterocycles. The number of ether oxygens (including phenoxy) is 8. The van der Waals surface area contributed by atoms with Gasteiger partial charge in [-0.15, -0.1) is 0 Å². The average Bonchev–Trinajstić information content (AvgIpc) is 0.997. The van der Waals surface area contributed by atoms with Gasteiger partial charge in [0.2, 0.25) is 12.2 Å². The Bertz CT molecular complexity index is 3080. The van der Waals surface area contributed by atoms with Gasteiger partial charge in [0.05, 0.1) is 52.1 Å². The van der Waals surface area contributed by atoms with E-state index in [0.29, 0.717) is 5.56 Å². The molecule has 0 radical (unpaired) electrons. The summed E-state index contributed by atoms with van der Waals surface area (Å²) < 4.78 is 85.8. The lowest BCUT2D eigenvalue weighted by molar-refractivity contribution is -0.385. The number of hydrogen-bond acceptors (Lipinski definition) is 24. The lowest BCUT2D eigenvalue weighted by Crippen LogP contribution is -2.70. The number of likely N-dealkylation sites (N-methyl/N-ethyl adjacent to an activating group) is 1. The number of rotatable bonds is 23. The molecular formula is C54H66F3N9O24. The highest BCUT2D eigenvalue weighted by Gasteiger charge is 2.55. The van der Waals surface area contributed by atoms with E-state index in [4.69, 9.17) is 37.9 Å². The Morgan fingerprint density at radius 2 is 1.16 bits per heavy atom. The van der Waals surface area contributed by atoms with E-state index in [0.717, 1.165) is 35.2 Å². The van der Waals surface area contributed by atoms with E-state index in [1.54, 1.807) is 26.1 Å². The quantitative estimate of drug-likeness (QED) is 0.0374. The number of benzene rings is 3. The van der Waals surface area contributed by atoms with Gasteiger partial charge in [0, 0.05) is 50.0 Å². The Morgan fingerprint density at radius 3 is 1.62 bits per heavy atom. The zero-order chi connectivity index (χ0) is 66.4. The molecule has 9 N–H and O–H groups in total. The van der Waals surface area contributed by atoms with Crippen LogP contribution in [0.1, 0.15) is 63.6 Å². The van der Waals surface area contributed by atoms with Crippen LogP contribution >= 0.6 is 0 Å². The van der Waals surface area contributed by atoms with Crippen molar-refractivity contribution in [3.05, 3.63) is 132 Å². The Morgan fingerprint density at radius 1 is 0.700 bits per heavy atom. The fourth-order valence-electron chi connectivity index (χ4n) is 9.34. The molecule has 90 heavy (non-hydrogen) atoms. The number of carbonyl (C=O) groups is 6. The van der Waals surface area contributed by atoms with Crippen molar-refractivity contribution < 1.29 is 115 Å². The first kappa shape index (κ1) is 70.0. The topological polar surface area (TPSA) is 450 Å². The maximum Gasteiger partial charge on any atom is 0.471 e. The van der Waals surface area contributed by atoms with E-state index in [9.17, 15) is 92.7 Å². The molecule has 36 heteroatoms. The van der Waals surface area contributed by atoms with Gasteiger partial charge in [-0.3, -0.25) is 39.9 Å². The lowest BCUT2D eigenvalue weighted by Gasteiger charge is -2.50. The number of nitrogens with one attached hydrogen (secondary N) is 5. The summed E-state index contributed by atoms with van der Waals surface area (Å²) in [6.07, 6.45) is -24.5. The van der Waals surface area contributed by atoms with Crippen molar-refractivity contribution in [2.75, 3.05) is 26.7 Å². The number of aliphatic hydroxyl groups is 4. The number of nitro benzene ring substituents is 3. The van der Waals surface area contributed by atoms with E-state index in [1.807, 2.05) is 0 Å². The minimum Gasteiger partial charge on any atom is -0.465 e. The van der Waals surface area contributed by atoms with E-state index in [2.05, 4.69) is 21.3 Å². The van der Waals surface area contributed by atoms with E-state index >= 15 is 0 Å². The summed E-state index contributed by atoms with van der Waals surface area (Å²) in [6, 6.07) is 8.30. The first-order valence-corrected chi connectivity index (χ1v) is 27.3. The molecule has 1 aliphatic carbocycles. The molecule has 1 saturated carbocycles. The second-order valence-corrected chi connectivity index (χ2v) is 21.9. The zero-order valence-electron chi connectivity index (χ0n) is 48.6. The van der Waals surface area contributed by atoms with Gasteiger partial charge in [0.25, 0.3) is 17.1 Å². The number of nitrogens with zero attached hydrogens (tertiary/aromatic N) is 4. The molecule has 6 rings (SSSR count). The van der Waals surface area contributed by atoms with Crippen LogP contribution in [0, 0.1) is 30.3 Å². The maximum absolute atomic E-state index is 14.0. The van der Waals surface area contributed by atoms with Gasteiger partial charge in [-0.1, -0.05) is 0 Å². The van der Waals surface area contributed by atoms with Crippen LogP contribution in [-0.2, 0) is 67.3 Å². The Hall–Kier alpha value is -9.07. The molecule has 12 atom stereocenters. The van der Waals surface area contributed by atoms with Crippen LogP contribution in [-0.4, -0.2) is 188 Å². The van der Waals surface area contributed by atoms with Gasteiger partial charge >= 0.3 is 36.5 Å². The number of non-ortho nitro benzene ring substituents is 3. The van der Waals surface area contributed by atoms with Crippen LogP contribution in [0.25, 0.3) is 0 Å². The molecule has 3 aromatic rings. The third-order valence-corrected chi connectivity index (χ3v) is 13.8. The smallest absolute Gasteiger partial charge is 0.465 e. The van der Waals surface area contributed by atoms with Crippen molar-refractivity contribution >= 4 is 53.2 Å². The van der Waals surface area contributed by atoms with Crippen LogP contribution in [0.3, 0.4) is 0 Å². The second kappa shape index (κ2) is 30.4. The van der Waals surface area contributed by atoms with Gasteiger partial charge in [0.15, 0.2) is 6.29 Å². The third kappa shape index (κ3) is 20.0. The van der Waals surface area contributed by atoms with Gasteiger partial charge in [-0.25, -0.2) is 19.2 Å². The molecule has 0 unspecified atom stereocenters. The second-order valence-electron chi connectivity index (χ2n) is 21.9. The predicted octanol–water partition coefficient (Wildman–Crippen LogP) is 3.01. The van der Waals surface area contributed by atoms with Crippen molar-refractivity contribution in [2.24, 2.45) is 0 Å². The summed E-state index contributed by atoms with van der Waals surface area (Å²) in [5.41, 5.74) is -3.05. The minimum atomic E-state index is -5.36. The van der Waals surface area contributed by atoms with E-state index in [-0.39, 0.29) is 41.2 Å². The number of alkyl halides is 3. The molecule has 3 aliphatic rings. The van der Waals surface area contributed by atoms with Crippen molar-refractivity contribution in [3.8, 4) is 0 Å². The standard InChI is InChI=1S/C54H66F3N9O24/c1-52(2,3)90-51(75)63(5)43-40(69)46(86-27-53(43,4)76)89-41-36(60-44(70)38(67)20-21-58-48(72)83-24-28-6-12-31(13-7-28)64(77)78)22-37(62-50(74)85-26-30-10-16-33(17-11-30)66(81)82)42(39(41)68)88-45-35(19-18-34(87-45)23-59-47(71)54(55,56)57)61-49(73)84-25-29-8-14-32(15-9-29)65(79)80/h6-18,35-43,45-46,67-69,76H,19-27H2,1-5H3,(H,58,72)(H,59,71)(H,60,70)(H,61,73)(H,62,74)/t35-,36-,37+,38+,39-,40-,41+,42-,43-,45-,46-,53+/m1/s1. The number of nitro groups is 3. The number of hydrogen-bond donors (Lipinski definition) is 9. The molecule has 1 saturated heterocycles. The van der Waals surface area contributed by atoms with Crippen LogP contribution in [0.2, 0.25) is 0 Å². The number of aliphatic hydroxyl groups excluding tert-OH is 3. The minimum absolute atomic E-state index is 0.215. The zero-order valence-corrected chi connectivity index (χ0v) is 48.6. The molecule has 3 aromatic carbocycles. The highest BCUT2D eigenvalue weighted by atomic mass is 19.4. The molecule has 492 valence electrons. The first-order chi connectivity index (χ1) is 42.2. The van der Waals surface area contributed by atoms with Gasteiger partial charge in [-0.05, 0) is 106 Å². The molecule has 0 bridgehead atoms.